The molecule has 0 amide bonds. The Bertz CT molecular complexity index is 1030. The lowest BCUT2D eigenvalue weighted by molar-refractivity contribution is 0.415. The van der Waals surface area contributed by atoms with E-state index in [1.807, 2.05) is 48.6 Å². The van der Waals surface area contributed by atoms with E-state index in [0.717, 1.165) is 66.9 Å². The number of nitrogens with one attached hydrogen (secondary N) is 3. The summed E-state index contributed by atoms with van der Waals surface area (Å²) in [6.07, 6.45) is 9.73. The topological polar surface area (TPSA) is 122 Å². The van der Waals surface area contributed by atoms with Gasteiger partial charge in [-0.05, 0) is 55.3 Å². The number of nitrogens with zero attached hydrogens (tertiary/aromatic N) is 3. The van der Waals surface area contributed by atoms with Crippen LogP contribution in [0.5, 0.6) is 5.75 Å². The van der Waals surface area contributed by atoms with Gasteiger partial charge < -0.3 is 21.1 Å². The fourth-order valence-corrected chi connectivity index (χ4v) is 3.13. The highest BCUT2D eigenvalue weighted by Gasteiger charge is 2.08. The first-order valence-corrected chi connectivity index (χ1v) is 10.4. The number of guanidine groups is 1. The van der Waals surface area contributed by atoms with Crippen LogP contribution >= 0.6 is 24.8 Å². The second kappa shape index (κ2) is 14.9. The number of hydrogen-bond donors (Lipinski definition) is 4. The summed E-state index contributed by atoms with van der Waals surface area (Å²) in [6.45, 7) is 1.55. The molecule has 0 atom stereocenters. The average Bonchev–Trinajstić information content (AvgIpc) is 2.79. The van der Waals surface area contributed by atoms with Crippen molar-refractivity contribution in [3.05, 3.63) is 54.1 Å². The van der Waals surface area contributed by atoms with Crippen LogP contribution in [0.25, 0.3) is 23.1 Å². The van der Waals surface area contributed by atoms with Crippen LogP contribution in [0.15, 0.2) is 42.6 Å². The van der Waals surface area contributed by atoms with Crippen LogP contribution < -0.4 is 21.1 Å². The minimum Gasteiger partial charge on any atom is -0.497 e. The van der Waals surface area contributed by atoms with Gasteiger partial charge in [0.15, 0.2) is 11.8 Å². The summed E-state index contributed by atoms with van der Waals surface area (Å²) in [5.74, 6) is 2.22. The number of nitrogens with two attached hydrogens (primary N) is 1. The summed E-state index contributed by atoms with van der Waals surface area (Å²) in [5.41, 5.74) is 7.00. The summed E-state index contributed by atoms with van der Waals surface area (Å²) in [5, 5.41) is 14.4. The molecule has 0 bridgehead atoms. The first-order chi connectivity index (χ1) is 15.2. The van der Waals surface area contributed by atoms with E-state index in [0.29, 0.717) is 5.82 Å². The minimum atomic E-state index is 0. The number of ether oxygens (including phenoxy) is 1. The molecule has 33 heavy (non-hydrogen) atoms. The second-order valence-electron chi connectivity index (χ2n) is 7.08. The second-order valence-corrected chi connectivity index (χ2v) is 7.08. The van der Waals surface area contributed by atoms with Gasteiger partial charge in [0.25, 0.3) is 0 Å². The predicted octanol–water partition coefficient (Wildman–Crippen LogP) is 4.50. The molecule has 1 aromatic carbocycles. The Labute approximate surface area is 206 Å². The Morgan fingerprint density at radius 2 is 1.82 bits per heavy atom. The molecule has 0 radical (unpaired) electrons. The van der Waals surface area contributed by atoms with Gasteiger partial charge >= 0.3 is 0 Å². The summed E-state index contributed by atoms with van der Waals surface area (Å²) in [4.78, 5) is 13.7. The molecule has 3 aromatic rings. The number of methoxy groups -OCH3 is 1. The van der Waals surface area contributed by atoms with Gasteiger partial charge in [-0.15, -0.1) is 24.8 Å². The molecule has 8 nitrogen and oxygen atoms in total. The van der Waals surface area contributed by atoms with Crippen LogP contribution in [0, 0.1) is 5.41 Å². The van der Waals surface area contributed by atoms with E-state index < -0.39 is 0 Å². The minimum absolute atomic E-state index is 0. The van der Waals surface area contributed by atoms with Crippen LogP contribution in [-0.2, 0) is 0 Å². The molecule has 0 unspecified atom stereocenters. The fraction of sp³-hybridized carbons (Fsp3) is 0.304. The van der Waals surface area contributed by atoms with Gasteiger partial charge in [-0.1, -0.05) is 18.9 Å². The Kier molecular flexibility index (Phi) is 12.6. The highest BCUT2D eigenvalue weighted by molar-refractivity contribution is 5.91. The van der Waals surface area contributed by atoms with Crippen molar-refractivity contribution in [1.82, 2.24) is 20.3 Å². The van der Waals surface area contributed by atoms with E-state index in [-0.39, 0.29) is 30.8 Å². The first-order valence-electron chi connectivity index (χ1n) is 10.4. The van der Waals surface area contributed by atoms with Gasteiger partial charge in [0, 0.05) is 24.7 Å². The molecule has 0 saturated heterocycles. The summed E-state index contributed by atoms with van der Waals surface area (Å²) in [7, 11) is 1.65. The molecule has 2 heterocycles. The van der Waals surface area contributed by atoms with Crippen LogP contribution in [-0.4, -0.2) is 41.1 Å². The third-order valence-electron chi connectivity index (χ3n) is 4.72. The number of anilines is 1. The van der Waals surface area contributed by atoms with Crippen molar-refractivity contribution in [2.75, 3.05) is 25.5 Å². The van der Waals surface area contributed by atoms with Crippen molar-refractivity contribution < 1.29 is 4.74 Å². The van der Waals surface area contributed by atoms with Gasteiger partial charge in [0.1, 0.15) is 11.6 Å². The lowest BCUT2D eigenvalue weighted by Crippen LogP contribution is -2.30. The number of aromatic nitrogens is 3. The Morgan fingerprint density at radius 1 is 1.03 bits per heavy atom. The van der Waals surface area contributed by atoms with Crippen molar-refractivity contribution in [2.24, 2.45) is 5.73 Å². The molecule has 2 aromatic heterocycles. The molecular weight excluding hydrogens is 461 g/mol. The molecule has 0 aliphatic carbocycles. The van der Waals surface area contributed by atoms with Crippen molar-refractivity contribution in [3.8, 4) is 5.75 Å². The molecule has 178 valence electrons. The highest BCUT2D eigenvalue weighted by atomic mass is 35.5. The number of benzene rings is 1. The number of fused-ring (bicyclic) bond motifs is 1. The van der Waals surface area contributed by atoms with E-state index in [1.165, 1.54) is 0 Å². The summed E-state index contributed by atoms with van der Waals surface area (Å²) >= 11 is 0. The van der Waals surface area contributed by atoms with Crippen molar-refractivity contribution in [3.63, 3.8) is 0 Å². The maximum atomic E-state index is 7.15. The largest absolute Gasteiger partial charge is 0.497 e. The van der Waals surface area contributed by atoms with Crippen molar-refractivity contribution in [1.29, 1.82) is 5.41 Å². The monoisotopic (exact) mass is 491 g/mol. The molecule has 3 rings (SSSR count). The van der Waals surface area contributed by atoms with Crippen LogP contribution in [0.3, 0.4) is 0 Å². The predicted molar refractivity (Wildman–Crippen MR) is 141 cm³/mol. The first kappa shape index (κ1) is 27.9. The van der Waals surface area contributed by atoms with Gasteiger partial charge in [-0.25, -0.2) is 9.97 Å². The molecular formula is C23H31Cl2N7O. The molecule has 10 heteroatoms. The van der Waals surface area contributed by atoms with Crippen LogP contribution in [0.4, 0.5) is 5.82 Å². The third kappa shape index (κ3) is 9.11. The maximum Gasteiger partial charge on any atom is 0.185 e. The Balaban J connectivity index is 0.00000272. The number of pyridine rings is 1. The molecule has 0 fully saturated rings. The Morgan fingerprint density at radius 3 is 2.52 bits per heavy atom. The Hall–Kier alpha value is -3.10. The fourth-order valence-electron chi connectivity index (χ4n) is 3.13. The zero-order valence-electron chi connectivity index (χ0n) is 18.6. The van der Waals surface area contributed by atoms with E-state index in [9.17, 15) is 0 Å². The number of rotatable bonds is 11. The van der Waals surface area contributed by atoms with E-state index in [1.54, 1.807) is 13.3 Å². The zero-order valence-corrected chi connectivity index (χ0v) is 20.2. The van der Waals surface area contributed by atoms with E-state index in [2.05, 4.69) is 20.6 Å². The quantitative estimate of drug-likeness (QED) is 0.177. The van der Waals surface area contributed by atoms with Crippen molar-refractivity contribution in [2.45, 2.75) is 25.7 Å². The van der Waals surface area contributed by atoms with Crippen LogP contribution in [0.1, 0.15) is 37.2 Å². The lowest BCUT2D eigenvalue weighted by atomic mass is 10.2. The molecule has 0 aliphatic heterocycles. The molecule has 0 aliphatic rings. The van der Waals surface area contributed by atoms with Gasteiger partial charge in [-0.3, -0.25) is 10.4 Å². The number of halogens is 2. The third-order valence-corrected chi connectivity index (χ3v) is 4.72. The average molecular weight is 492 g/mol. The molecule has 0 spiro atoms. The highest BCUT2D eigenvalue weighted by Crippen LogP contribution is 2.25. The van der Waals surface area contributed by atoms with E-state index >= 15 is 0 Å². The standard InChI is InChI=1S/C23H29N7O.2ClH/c1-31-18-10-11-20-19(16-18)22(27-14-5-2-3-6-15-28-23(24)25)30-21(29-20)12-9-17-8-4-7-13-26-17;;/h4,7-13,16H,2-3,5-6,14-15H2,1H3,(H4,24,25,28)(H,27,29,30);2*1H/b12-9+;;. The van der Waals surface area contributed by atoms with Gasteiger partial charge in [-0.2, -0.15) is 0 Å². The van der Waals surface area contributed by atoms with Crippen molar-refractivity contribution >= 4 is 59.6 Å². The SMILES string of the molecule is COc1ccc2nc(/C=C/c3ccccn3)nc(NCCCCCCNC(=N)N)c2c1.Cl.Cl. The van der Waals surface area contributed by atoms with Crippen LogP contribution in [0.2, 0.25) is 0 Å². The molecule has 5 N–H and O–H groups in total. The normalized spacial score (nSPS) is 10.3. The maximum absolute atomic E-state index is 7.15. The zero-order chi connectivity index (χ0) is 21.9. The van der Waals surface area contributed by atoms with Gasteiger partial charge in [0.2, 0.25) is 0 Å². The smallest absolute Gasteiger partial charge is 0.185 e. The summed E-state index contributed by atoms with van der Waals surface area (Å²) in [6, 6.07) is 11.6. The van der Waals surface area contributed by atoms with E-state index in [4.69, 9.17) is 20.9 Å². The lowest BCUT2D eigenvalue weighted by Gasteiger charge is -2.11. The number of hydrogen-bond acceptors (Lipinski definition) is 6. The number of unbranched alkanes of at least 4 members (excludes halogenated alkanes) is 3. The summed E-state index contributed by atoms with van der Waals surface area (Å²) < 4.78 is 5.37. The molecule has 0 saturated carbocycles. The van der Waals surface area contributed by atoms with Gasteiger partial charge in [0.05, 0.1) is 18.3 Å².